The van der Waals surface area contributed by atoms with Crippen LogP contribution in [-0.4, -0.2) is 34.5 Å². The molecule has 4 heteroatoms. The van der Waals surface area contributed by atoms with Gasteiger partial charge in [-0.3, -0.25) is 0 Å². The van der Waals surface area contributed by atoms with E-state index in [1.165, 1.54) is 0 Å². The first kappa shape index (κ1) is 15.6. The van der Waals surface area contributed by atoms with Crippen molar-refractivity contribution >= 4 is 5.97 Å². The van der Waals surface area contributed by atoms with Crippen LogP contribution >= 0.6 is 0 Å². The van der Waals surface area contributed by atoms with E-state index in [1.807, 2.05) is 12.1 Å². The molecule has 17 heavy (non-hydrogen) atoms. The summed E-state index contributed by atoms with van der Waals surface area (Å²) in [4.78, 5) is 10.6. The Hall–Kier alpha value is -1.39. The van der Waals surface area contributed by atoms with Crippen LogP contribution in [-0.2, 0) is 5.41 Å². The van der Waals surface area contributed by atoms with Gasteiger partial charge in [0.05, 0.1) is 18.8 Å². The third-order valence-electron chi connectivity index (χ3n) is 2.10. The van der Waals surface area contributed by atoms with E-state index in [9.17, 15) is 4.79 Å². The Morgan fingerprint density at radius 3 is 1.71 bits per heavy atom. The predicted molar refractivity (Wildman–Crippen MR) is 66.3 cm³/mol. The summed E-state index contributed by atoms with van der Waals surface area (Å²) in [5.74, 6) is -0.875. The van der Waals surface area contributed by atoms with Gasteiger partial charge in [0, 0.05) is 0 Å². The van der Waals surface area contributed by atoms with E-state index in [4.69, 9.17) is 15.3 Å². The van der Waals surface area contributed by atoms with Crippen molar-refractivity contribution in [2.75, 3.05) is 13.2 Å². The third kappa shape index (κ3) is 6.04. The number of aliphatic hydroxyl groups excluding tert-OH is 2. The zero-order valence-electron chi connectivity index (χ0n) is 10.5. The van der Waals surface area contributed by atoms with Crippen LogP contribution < -0.4 is 0 Å². The minimum absolute atomic E-state index is 0.0804. The number of carboxylic acid groups (broad SMARTS) is 1. The van der Waals surface area contributed by atoms with Crippen LogP contribution in [0, 0.1) is 0 Å². The number of benzene rings is 1. The predicted octanol–water partition coefficient (Wildman–Crippen LogP) is 1.65. The molecule has 1 aromatic rings. The van der Waals surface area contributed by atoms with Gasteiger partial charge in [-0.05, 0) is 23.1 Å². The molecular weight excluding hydrogens is 220 g/mol. The van der Waals surface area contributed by atoms with E-state index < -0.39 is 5.97 Å². The second-order valence-electron chi connectivity index (χ2n) is 4.58. The highest BCUT2D eigenvalue weighted by molar-refractivity contribution is 5.87. The van der Waals surface area contributed by atoms with E-state index >= 15 is 0 Å². The van der Waals surface area contributed by atoms with Crippen LogP contribution in [0.15, 0.2) is 24.3 Å². The molecule has 4 nitrogen and oxygen atoms in total. The van der Waals surface area contributed by atoms with Crippen molar-refractivity contribution in [1.29, 1.82) is 0 Å². The first-order chi connectivity index (χ1) is 7.82. The number of rotatable bonds is 2. The molecule has 96 valence electrons. The minimum atomic E-state index is -0.875. The molecular formula is C13H20O4. The van der Waals surface area contributed by atoms with Gasteiger partial charge in [-0.1, -0.05) is 32.9 Å². The first-order valence-electron chi connectivity index (χ1n) is 5.38. The Labute approximate surface area is 102 Å². The molecule has 0 aliphatic heterocycles. The molecule has 0 saturated carbocycles. The van der Waals surface area contributed by atoms with Crippen molar-refractivity contribution in [2.45, 2.75) is 26.2 Å². The summed E-state index contributed by atoms with van der Waals surface area (Å²) >= 11 is 0. The van der Waals surface area contributed by atoms with E-state index in [2.05, 4.69) is 20.8 Å². The molecule has 0 atom stereocenters. The SMILES string of the molecule is CC(C)(C)c1ccc(C(=O)O)cc1.OCCO. The van der Waals surface area contributed by atoms with Crippen molar-refractivity contribution in [1.82, 2.24) is 0 Å². The van der Waals surface area contributed by atoms with Gasteiger partial charge in [0.1, 0.15) is 0 Å². The molecule has 3 N–H and O–H groups in total. The van der Waals surface area contributed by atoms with Gasteiger partial charge in [-0.2, -0.15) is 0 Å². The molecule has 0 radical (unpaired) electrons. The summed E-state index contributed by atoms with van der Waals surface area (Å²) in [5.41, 5.74) is 1.57. The van der Waals surface area contributed by atoms with Crippen LogP contribution in [0.2, 0.25) is 0 Å². The number of carboxylic acids is 1. The van der Waals surface area contributed by atoms with Gasteiger partial charge in [0.15, 0.2) is 0 Å². The van der Waals surface area contributed by atoms with Crippen LogP contribution in [0.25, 0.3) is 0 Å². The van der Waals surface area contributed by atoms with Crippen molar-refractivity contribution in [3.05, 3.63) is 35.4 Å². The molecule has 0 bridgehead atoms. The number of hydrogen-bond acceptors (Lipinski definition) is 3. The highest BCUT2D eigenvalue weighted by Crippen LogP contribution is 2.21. The van der Waals surface area contributed by atoms with Crippen molar-refractivity contribution in [2.24, 2.45) is 0 Å². The minimum Gasteiger partial charge on any atom is -0.478 e. The molecule has 0 fully saturated rings. The smallest absolute Gasteiger partial charge is 0.335 e. The molecule has 0 amide bonds. The Morgan fingerprint density at radius 2 is 1.47 bits per heavy atom. The fourth-order valence-electron chi connectivity index (χ4n) is 1.11. The molecule has 0 saturated heterocycles. The summed E-state index contributed by atoms with van der Waals surface area (Å²) in [6.07, 6.45) is 0. The van der Waals surface area contributed by atoms with Gasteiger partial charge in [0.25, 0.3) is 0 Å². The van der Waals surface area contributed by atoms with Crippen molar-refractivity contribution in [3.63, 3.8) is 0 Å². The molecule has 0 aliphatic carbocycles. The lowest BCUT2D eigenvalue weighted by Gasteiger charge is -2.18. The topological polar surface area (TPSA) is 77.8 Å². The Bertz CT molecular complexity index is 333. The average molecular weight is 240 g/mol. The lowest BCUT2D eigenvalue weighted by molar-refractivity contribution is 0.0697. The lowest BCUT2D eigenvalue weighted by atomic mass is 9.87. The van der Waals surface area contributed by atoms with Crippen molar-refractivity contribution in [3.8, 4) is 0 Å². The number of aliphatic hydroxyl groups is 2. The Balaban J connectivity index is 0.000000557. The van der Waals surface area contributed by atoms with Gasteiger partial charge in [-0.25, -0.2) is 4.79 Å². The number of carbonyl (C=O) groups is 1. The Kier molecular flexibility index (Phi) is 6.46. The van der Waals surface area contributed by atoms with Crippen LogP contribution in [0.4, 0.5) is 0 Å². The fraction of sp³-hybridized carbons (Fsp3) is 0.462. The maximum Gasteiger partial charge on any atom is 0.335 e. The van der Waals surface area contributed by atoms with Gasteiger partial charge >= 0.3 is 5.97 Å². The summed E-state index contributed by atoms with van der Waals surface area (Å²) < 4.78 is 0. The third-order valence-corrected chi connectivity index (χ3v) is 2.10. The van der Waals surface area contributed by atoms with Gasteiger partial charge < -0.3 is 15.3 Å². The summed E-state index contributed by atoms with van der Waals surface area (Å²) in [6.45, 7) is 6.05. The monoisotopic (exact) mass is 240 g/mol. The first-order valence-corrected chi connectivity index (χ1v) is 5.38. The van der Waals surface area contributed by atoms with Crippen LogP contribution in [0.5, 0.6) is 0 Å². The number of aromatic carboxylic acids is 1. The molecule has 0 aliphatic rings. The van der Waals surface area contributed by atoms with Crippen LogP contribution in [0.1, 0.15) is 36.7 Å². The van der Waals surface area contributed by atoms with Gasteiger partial charge in [0.2, 0.25) is 0 Å². The molecule has 1 rings (SSSR count). The molecule has 0 aromatic heterocycles. The average Bonchev–Trinajstić information content (AvgIpc) is 2.28. The quantitative estimate of drug-likeness (QED) is 0.734. The fourth-order valence-corrected chi connectivity index (χ4v) is 1.11. The molecule has 0 spiro atoms. The van der Waals surface area contributed by atoms with Gasteiger partial charge in [-0.15, -0.1) is 0 Å². The van der Waals surface area contributed by atoms with E-state index in [0.717, 1.165) is 5.56 Å². The van der Waals surface area contributed by atoms with Crippen molar-refractivity contribution < 1.29 is 20.1 Å². The van der Waals surface area contributed by atoms with E-state index in [0.29, 0.717) is 5.56 Å². The summed E-state index contributed by atoms with van der Waals surface area (Å²) in [6, 6.07) is 7.01. The number of hydrogen-bond donors (Lipinski definition) is 3. The second kappa shape index (κ2) is 7.04. The maximum atomic E-state index is 10.6. The summed E-state index contributed by atoms with van der Waals surface area (Å²) in [5, 5.41) is 23.9. The van der Waals surface area contributed by atoms with E-state index in [-0.39, 0.29) is 18.6 Å². The molecule has 1 aromatic carbocycles. The summed E-state index contributed by atoms with van der Waals surface area (Å²) in [7, 11) is 0. The molecule has 0 unspecified atom stereocenters. The standard InChI is InChI=1S/C11H14O2.C2H6O2/c1-11(2,3)9-6-4-8(5-7-9)10(12)13;3-1-2-4/h4-7H,1-3H3,(H,12,13);3-4H,1-2H2. The van der Waals surface area contributed by atoms with E-state index in [1.54, 1.807) is 12.1 Å². The second-order valence-corrected chi connectivity index (χ2v) is 4.58. The molecule has 0 heterocycles. The zero-order chi connectivity index (χ0) is 13.5. The van der Waals surface area contributed by atoms with Crippen LogP contribution in [0.3, 0.4) is 0 Å². The highest BCUT2D eigenvalue weighted by atomic mass is 16.4. The maximum absolute atomic E-state index is 10.6. The lowest BCUT2D eigenvalue weighted by Crippen LogP contribution is -2.11. The largest absolute Gasteiger partial charge is 0.478 e. The Morgan fingerprint density at radius 1 is 1.06 bits per heavy atom. The highest BCUT2D eigenvalue weighted by Gasteiger charge is 2.13. The normalized spacial score (nSPS) is 10.4. The zero-order valence-corrected chi connectivity index (χ0v) is 10.5.